The van der Waals surface area contributed by atoms with Crippen LogP contribution in [0.2, 0.25) is 5.02 Å². The minimum atomic E-state index is -0.192. The summed E-state index contributed by atoms with van der Waals surface area (Å²) < 4.78 is 13.8. The second-order valence-corrected chi connectivity index (χ2v) is 5.72. The highest BCUT2D eigenvalue weighted by molar-refractivity contribution is 7.07. The fraction of sp³-hybridized carbons (Fsp3) is 0.333. The number of halogens is 2. The molecule has 1 heterocycles. The largest absolute Gasteiger partial charge is 0.310 e. The number of hydrogen-bond acceptors (Lipinski definition) is 2. The number of nitrogens with one attached hydrogen (secondary N) is 1. The van der Waals surface area contributed by atoms with Gasteiger partial charge >= 0.3 is 0 Å². The molecule has 0 aliphatic rings. The first-order valence-electron chi connectivity index (χ1n) is 6.40. The molecule has 1 unspecified atom stereocenters. The highest BCUT2D eigenvalue weighted by atomic mass is 35.5. The fourth-order valence-electron chi connectivity index (χ4n) is 2.02. The average molecular weight is 298 g/mol. The van der Waals surface area contributed by atoms with Crippen LogP contribution in [0.5, 0.6) is 0 Å². The van der Waals surface area contributed by atoms with Crippen LogP contribution in [0, 0.1) is 5.82 Å². The Morgan fingerprint density at radius 1 is 1.37 bits per heavy atom. The van der Waals surface area contributed by atoms with E-state index in [0.29, 0.717) is 17.0 Å². The molecule has 1 N–H and O–H groups in total. The third-order valence-electron chi connectivity index (χ3n) is 3.02. The number of thiophene rings is 1. The number of benzene rings is 1. The molecule has 0 aliphatic heterocycles. The van der Waals surface area contributed by atoms with Crippen LogP contribution in [-0.2, 0) is 6.42 Å². The van der Waals surface area contributed by atoms with E-state index in [2.05, 4.69) is 23.7 Å². The van der Waals surface area contributed by atoms with E-state index < -0.39 is 0 Å². The Balaban J connectivity index is 2.17. The predicted octanol–water partition coefficient (Wildman–Crippen LogP) is 4.82. The average Bonchev–Trinajstić information content (AvgIpc) is 2.92. The monoisotopic (exact) mass is 297 g/mol. The molecule has 2 aromatic rings. The van der Waals surface area contributed by atoms with Gasteiger partial charge in [-0.1, -0.05) is 18.5 Å². The topological polar surface area (TPSA) is 12.0 Å². The summed E-state index contributed by atoms with van der Waals surface area (Å²) >= 11 is 7.60. The van der Waals surface area contributed by atoms with Gasteiger partial charge in [0, 0.05) is 11.1 Å². The van der Waals surface area contributed by atoms with E-state index in [-0.39, 0.29) is 11.9 Å². The molecule has 0 saturated heterocycles. The fourth-order valence-corrected chi connectivity index (χ4v) is 2.93. The summed E-state index contributed by atoms with van der Waals surface area (Å²) in [6.07, 6.45) is 1.67. The third-order valence-corrected chi connectivity index (χ3v) is 3.95. The molecule has 0 aliphatic carbocycles. The molecule has 1 atom stereocenters. The second kappa shape index (κ2) is 7.04. The van der Waals surface area contributed by atoms with Crippen LogP contribution in [0.3, 0.4) is 0 Å². The van der Waals surface area contributed by atoms with Crippen molar-refractivity contribution >= 4 is 22.9 Å². The highest BCUT2D eigenvalue weighted by Gasteiger charge is 2.14. The molecule has 0 fully saturated rings. The lowest BCUT2D eigenvalue weighted by atomic mass is 10.0. The summed E-state index contributed by atoms with van der Waals surface area (Å²) in [5, 5.41) is 8.20. The molecule has 0 spiro atoms. The minimum Gasteiger partial charge on any atom is -0.310 e. The Morgan fingerprint density at radius 3 is 2.89 bits per heavy atom. The summed E-state index contributed by atoms with van der Waals surface area (Å²) in [6.45, 7) is 3.04. The predicted molar refractivity (Wildman–Crippen MR) is 80.5 cm³/mol. The Kier molecular flexibility index (Phi) is 5.37. The molecule has 0 saturated carbocycles. The van der Waals surface area contributed by atoms with E-state index in [4.69, 9.17) is 11.6 Å². The molecule has 0 amide bonds. The molecule has 19 heavy (non-hydrogen) atoms. The van der Waals surface area contributed by atoms with Gasteiger partial charge in [0.15, 0.2) is 0 Å². The van der Waals surface area contributed by atoms with Crippen molar-refractivity contribution in [3.05, 3.63) is 57.0 Å². The Labute approximate surface area is 122 Å². The van der Waals surface area contributed by atoms with Crippen LogP contribution < -0.4 is 5.32 Å². The SMILES string of the molecule is CCCNC(Cc1cc(Cl)ccc1F)c1ccsc1. The van der Waals surface area contributed by atoms with Crippen molar-refractivity contribution in [1.29, 1.82) is 0 Å². The quantitative estimate of drug-likeness (QED) is 0.806. The molecule has 102 valence electrons. The van der Waals surface area contributed by atoms with Gasteiger partial charge in [0.05, 0.1) is 0 Å². The summed E-state index contributed by atoms with van der Waals surface area (Å²) in [7, 11) is 0. The smallest absolute Gasteiger partial charge is 0.126 e. The van der Waals surface area contributed by atoms with Crippen molar-refractivity contribution in [2.45, 2.75) is 25.8 Å². The summed E-state index contributed by atoms with van der Waals surface area (Å²) in [5.41, 5.74) is 1.87. The lowest BCUT2D eigenvalue weighted by Gasteiger charge is -2.18. The molecular weight excluding hydrogens is 281 g/mol. The summed E-state index contributed by atoms with van der Waals surface area (Å²) in [5.74, 6) is -0.192. The first-order chi connectivity index (χ1) is 9.20. The summed E-state index contributed by atoms with van der Waals surface area (Å²) in [6, 6.07) is 6.95. The van der Waals surface area contributed by atoms with Crippen molar-refractivity contribution in [3.63, 3.8) is 0 Å². The molecule has 4 heteroatoms. The Hall–Kier alpha value is -0.900. The second-order valence-electron chi connectivity index (χ2n) is 4.50. The zero-order valence-corrected chi connectivity index (χ0v) is 12.4. The number of hydrogen-bond donors (Lipinski definition) is 1. The van der Waals surface area contributed by atoms with Crippen molar-refractivity contribution in [2.75, 3.05) is 6.54 Å². The van der Waals surface area contributed by atoms with E-state index in [1.807, 2.05) is 5.38 Å². The van der Waals surface area contributed by atoms with Crippen molar-refractivity contribution in [1.82, 2.24) is 5.32 Å². The highest BCUT2D eigenvalue weighted by Crippen LogP contribution is 2.24. The van der Waals surface area contributed by atoms with Gasteiger partial charge in [0.25, 0.3) is 0 Å². The number of rotatable bonds is 6. The van der Waals surface area contributed by atoms with Crippen LogP contribution in [0.1, 0.15) is 30.5 Å². The summed E-state index contributed by atoms with van der Waals surface area (Å²) in [4.78, 5) is 0. The van der Waals surface area contributed by atoms with E-state index in [1.54, 1.807) is 23.5 Å². The van der Waals surface area contributed by atoms with E-state index >= 15 is 0 Å². The van der Waals surface area contributed by atoms with Gasteiger partial charge < -0.3 is 5.32 Å². The van der Waals surface area contributed by atoms with Gasteiger partial charge in [-0.25, -0.2) is 4.39 Å². The lowest BCUT2D eigenvalue weighted by Crippen LogP contribution is -2.24. The van der Waals surface area contributed by atoms with Crippen molar-refractivity contribution in [3.8, 4) is 0 Å². The standard InChI is InChI=1S/C15H17ClFNS/c1-2-6-18-15(11-5-7-19-10-11)9-12-8-13(16)3-4-14(12)17/h3-5,7-8,10,15,18H,2,6,9H2,1H3. The van der Waals surface area contributed by atoms with E-state index in [0.717, 1.165) is 13.0 Å². The van der Waals surface area contributed by atoms with Crippen LogP contribution in [0.4, 0.5) is 4.39 Å². The van der Waals surface area contributed by atoms with Gasteiger partial charge in [-0.05, 0) is 65.5 Å². The molecule has 1 aromatic heterocycles. The lowest BCUT2D eigenvalue weighted by molar-refractivity contribution is 0.514. The van der Waals surface area contributed by atoms with Crippen molar-refractivity contribution < 1.29 is 4.39 Å². The van der Waals surface area contributed by atoms with Crippen LogP contribution in [-0.4, -0.2) is 6.54 Å². The maximum Gasteiger partial charge on any atom is 0.126 e. The molecule has 0 radical (unpaired) electrons. The zero-order valence-electron chi connectivity index (χ0n) is 10.8. The van der Waals surface area contributed by atoms with E-state index in [1.165, 1.54) is 11.6 Å². The molecule has 2 rings (SSSR count). The molecule has 0 bridgehead atoms. The Bertz CT molecular complexity index is 513. The van der Waals surface area contributed by atoms with Gasteiger partial charge in [-0.3, -0.25) is 0 Å². The van der Waals surface area contributed by atoms with Crippen LogP contribution >= 0.6 is 22.9 Å². The van der Waals surface area contributed by atoms with Crippen molar-refractivity contribution in [2.24, 2.45) is 0 Å². The maximum absolute atomic E-state index is 13.8. The van der Waals surface area contributed by atoms with Gasteiger partial charge in [-0.2, -0.15) is 11.3 Å². The van der Waals surface area contributed by atoms with Gasteiger partial charge in [0.2, 0.25) is 0 Å². The molecule has 1 nitrogen and oxygen atoms in total. The first kappa shape index (κ1) is 14.5. The normalized spacial score (nSPS) is 12.6. The van der Waals surface area contributed by atoms with Gasteiger partial charge in [-0.15, -0.1) is 0 Å². The Morgan fingerprint density at radius 2 is 2.21 bits per heavy atom. The zero-order chi connectivity index (χ0) is 13.7. The third kappa shape index (κ3) is 4.03. The molecular formula is C15H17ClFNS. The maximum atomic E-state index is 13.8. The van der Waals surface area contributed by atoms with Crippen LogP contribution in [0.15, 0.2) is 35.0 Å². The van der Waals surface area contributed by atoms with Crippen LogP contribution in [0.25, 0.3) is 0 Å². The van der Waals surface area contributed by atoms with E-state index in [9.17, 15) is 4.39 Å². The minimum absolute atomic E-state index is 0.138. The van der Waals surface area contributed by atoms with Gasteiger partial charge in [0.1, 0.15) is 5.82 Å². The first-order valence-corrected chi connectivity index (χ1v) is 7.72. The molecule has 1 aromatic carbocycles.